The van der Waals surface area contributed by atoms with Crippen molar-refractivity contribution in [3.8, 4) is 11.6 Å². The van der Waals surface area contributed by atoms with Crippen LogP contribution in [0.15, 0.2) is 61.1 Å². The lowest BCUT2D eigenvalue weighted by Crippen LogP contribution is -2.16. The van der Waals surface area contributed by atoms with E-state index in [2.05, 4.69) is 27.5 Å². The predicted molar refractivity (Wildman–Crippen MR) is 94.1 cm³/mol. The van der Waals surface area contributed by atoms with E-state index in [-0.39, 0.29) is 6.10 Å². The van der Waals surface area contributed by atoms with Crippen molar-refractivity contribution >= 4 is 0 Å². The Balaban J connectivity index is 1.62. The number of ether oxygens (including phenoxy) is 1. The first kappa shape index (κ1) is 16.2. The van der Waals surface area contributed by atoms with E-state index in [1.165, 1.54) is 5.56 Å². The molecule has 0 fully saturated rings. The van der Waals surface area contributed by atoms with Gasteiger partial charge in [0.25, 0.3) is 0 Å². The van der Waals surface area contributed by atoms with Crippen molar-refractivity contribution in [2.45, 2.75) is 33.0 Å². The molecule has 2 heterocycles. The second kappa shape index (κ2) is 7.75. The summed E-state index contributed by atoms with van der Waals surface area (Å²) >= 11 is 0. The van der Waals surface area contributed by atoms with Crippen LogP contribution in [0.2, 0.25) is 0 Å². The summed E-state index contributed by atoms with van der Waals surface area (Å²) in [5, 5.41) is 7.72. The molecule has 0 bridgehead atoms. The zero-order valence-electron chi connectivity index (χ0n) is 14.0. The predicted octanol–water partition coefficient (Wildman–Crippen LogP) is 3.34. The van der Waals surface area contributed by atoms with Gasteiger partial charge >= 0.3 is 0 Å². The van der Waals surface area contributed by atoms with Gasteiger partial charge in [-0.25, -0.2) is 9.67 Å². The van der Waals surface area contributed by atoms with Gasteiger partial charge in [-0.2, -0.15) is 5.10 Å². The minimum Gasteiger partial charge on any atom is -0.475 e. The summed E-state index contributed by atoms with van der Waals surface area (Å²) in [5.74, 6) is 0.699. The number of nitrogens with one attached hydrogen (secondary N) is 1. The van der Waals surface area contributed by atoms with Crippen LogP contribution >= 0.6 is 0 Å². The van der Waals surface area contributed by atoms with E-state index < -0.39 is 0 Å². The molecule has 0 aliphatic heterocycles. The highest BCUT2D eigenvalue weighted by Gasteiger charge is 2.06. The van der Waals surface area contributed by atoms with Crippen LogP contribution in [0, 0.1) is 0 Å². The van der Waals surface area contributed by atoms with Gasteiger partial charge in [-0.15, -0.1) is 0 Å². The highest BCUT2D eigenvalue weighted by Crippen LogP contribution is 2.16. The van der Waals surface area contributed by atoms with Crippen LogP contribution in [-0.4, -0.2) is 20.9 Å². The Labute approximate surface area is 142 Å². The van der Waals surface area contributed by atoms with E-state index in [0.29, 0.717) is 12.4 Å². The maximum Gasteiger partial charge on any atom is 0.218 e. The van der Waals surface area contributed by atoms with Crippen molar-refractivity contribution < 1.29 is 4.74 Å². The molecule has 124 valence electrons. The van der Waals surface area contributed by atoms with Crippen LogP contribution in [0.4, 0.5) is 0 Å². The van der Waals surface area contributed by atoms with Crippen LogP contribution in [0.3, 0.4) is 0 Å². The molecule has 1 aromatic carbocycles. The molecular formula is C19H22N4O. The molecule has 0 unspecified atom stereocenters. The Morgan fingerprint density at radius 3 is 2.79 bits per heavy atom. The monoisotopic (exact) mass is 322 g/mol. The van der Waals surface area contributed by atoms with E-state index in [4.69, 9.17) is 4.74 Å². The van der Waals surface area contributed by atoms with Crippen molar-refractivity contribution in [3.05, 3.63) is 72.2 Å². The lowest BCUT2D eigenvalue weighted by Gasteiger charge is -2.13. The van der Waals surface area contributed by atoms with Crippen molar-refractivity contribution in [2.24, 2.45) is 0 Å². The normalized spacial score (nSPS) is 11.0. The van der Waals surface area contributed by atoms with E-state index >= 15 is 0 Å². The number of rotatable bonds is 7. The Kier molecular flexibility index (Phi) is 5.23. The summed E-state index contributed by atoms with van der Waals surface area (Å²) in [4.78, 5) is 4.32. The zero-order chi connectivity index (χ0) is 16.8. The van der Waals surface area contributed by atoms with Crippen LogP contribution in [-0.2, 0) is 13.1 Å². The van der Waals surface area contributed by atoms with E-state index in [1.807, 2.05) is 55.1 Å². The minimum absolute atomic E-state index is 0.115. The van der Waals surface area contributed by atoms with Gasteiger partial charge in [0.2, 0.25) is 5.88 Å². The molecule has 0 radical (unpaired) electrons. The van der Waals surface area contributed by atoms with E-state index in [9.17, 15) is 0 Å². The number of nitrogens with zero attached hydrogens (tertiary/aromatic N) is 3. The summed E-state index contributed by atoms with van der Waals surface area (Å²) in [6.07, 6.45) is 5.60. The van der Waals surface area contributed by atoms with Gasteiger partial charge in [0.15, 0.2) is 0 Å². The fourth-order valence-corrected chi connectivity index (χ4v) is 2.46. The molecule has 5 heteroatoms. The van der Waals surface area contributed by atoms with Crippen LogP contribution in [0.1, 0.15) is 25.0 Å². The summed E-state index contributed by atoms with van der Waals surface area (Å²) in [6.45, 7) is 5.49. The maximum absolute atomic E-state index is 5.75. The number of pyridine rings is 1. The van der Waals surface area contributed by atoms with Gasteiger partial charge in [-0.3, -0.25) is 0 Å². The number of benzene rings is 1. The molecular weight excluding hydrogens is 300 g/mol. The van der Waals surface area contributed by atoms with Crippen molar-refractivity contribution in [3.63, 3.8) is 0 Å². The van der Waals surface area contributed by atoms with Crippen LogP contribution < -0.4 is 10.1 Å². The second-order valence-electron chi connectivity index (χ2n) is 5.86. The fourth-order valence-electron chi connectivity index (χ4n) is 2.46. The quantitative estimate of drug-likeness (QED) is 0.725. The molecule has 0 aliphatic carbocycles. The molecule has 0 atom stereocenters. The van der Waals surface area contributed by atoms with Crippen molar-refractivity contribution in [2.75, 3.05) is 0 Å². The SMILES string of the molecule is CC(C)Oc1ncccc1CNCc1cccc(-n2cccn2)c1. The third kappa shape index (κ3) is 4.20. The van der Waals surface area contributed by atoms with Gasteiger partial charge < -0.3 is 10.1 Å². The molecule has 5 nitrogen and oxygen atoms in total. The highest BCUT2D eigenvalue weighted by atomic mass is 16.5. The molecule has 24 heavy (non-hydrogen) atoms. The molecule has 2 aromatic heterocycles. The average molecular weight is 322 g/mol. The smallest absolute Gasteiger partial charge is 0.218 e. The average Bonchev–Trinajstić information content (AvgIpc) is 3.11. The standard InChI is InChI=1S/C19H22N4O/c1-15(2)24-19-17(7-4-9-21-19)14-20-13-16-6-3-8-18(12-16)23-11-5-10-22-23/h3-12,15,20H,13-14H2,1-2H3. The van der Waals surface area contributed by atoms with Crippen LogP contribution in [0.25, 0.3) is 5.69 Å². The second-order valence-corrected chi connectivity index (χ2v) is 5.86. The first-order valence-electron chi connectivity index (χ1n) is 8.12. The van der Waals surface area contributed by atoms with Gasteiger partial charge in [0, 0.05) is 37.2 Å². The van der Waals surface area contributed by atoms with Crippen molar-refractivity contribution in [1.29, 1.82) is 0 Å². The first-order valence-corrected chi connectivity index (χ1v) is 8.12. The molecule has 3 rings (SSSR count). The Hall–Kier alpha value is -2.66. The number of hydrogen-bond acceptors (Lipinski definition) is 4. The number of hydrogen-bond donors (Lipinski definition) is 1. The molecule has 0 amide bonds. The van der Waals surface area contributed by atoms with Gasteiger partial charge in [0.1, 0.15) is 0 Å². The van der Waals surface area contributed by atoms with Gasteiger partial charge in [-0.05, 0) is 43.7 Å². The lowest BCUT2D eigenvalue weighted by atomic mass is 10.2. The molecule has 3 aromatic rings. The third-order valence-electron chi connectivity index (χ3n) is 3.52. The Morgan fingerprint density at radius 2 is 2.00 bits per heavy atom. The van der Waals surface area contributed by atoms with E-state index in [0.717, 1.165) is 17.8 Å². The molecule has 1 N–H and O–H groups in total. The Bertz CT molecular complexity index is 769. The van der Waals surface area contributed by atoms with Crippen molar-refractivity contribution in [1.82, 2.24) is 20.1 Å². The third-order valence-corrected chi connectivity index (χ3v) is 3.52. The molecule has 0 spiro atoms. The van der Waals surface area contributed by atoms with Gasteiger partial charge in [-0.1, -0.05) is 18.2 Å². The molecule has 0 aliphatic rings. The first-order chi connectivity index (χ1) is 11.7. The van der Waals surface area contributed by atoms with E-state index in [1.54, 1.807) is 12.4 Å². The van der Waals surface area contributed by atoms with Crippen LogP contribution in [0.5, 0.6) is 5.88 Å². The zero-order valence-corrected chi connectivity index (χ0v) is 14.0. The summed E-state index contributed by atoms with van der Waals surface area (Å²) < 4.78 is 7.61. The van der Waals surface area contributed by atoms with Gasteiger partial charge in [0.05, 0.1) is 11.8 Å². The maximum atomic E-state index is 5.75. The topological polar surface area (TPSA) is 52.0 Å². The molecule has 0 saturated heterocycles. The minimum atomic E-state index is 0.115. The molecule has 0 saturated carbocycles. The highest BCUT2D eigenvalue weighted by molar-refractivity contribution is 5.35. The largest absolute Gasteiger partial charge is 0.475 e. The summed E-state index contributed by atoms with van der Waals surface area (Å²) in [5.41, 5.74) is 3.33. The fraction of sp³-hybridized carbons (Fsp3) is 0.263. The summed E-state index contributed by atoms with van der Waals surface area (Å²) in [7, 11) is 0. The number of aromatic nitrogens is 3. The Morgan fingerprint density at radius 1 is 1.08 bits per heavy atom. The lowest BCUT2D eigenvalue weighted by molar-refractivity contribution is 0.229. The summed E-state index contributed by atoms with van der Waals surface area (Å²) in [6, 6.07) is 14.2.